The fourth-order valence-corrected chi connectivity index (χ4v) is 4.18. The maximum atomic E-state index is 14.3. The number of benzene rings is 1. The molecule has 2 bridgehead atoms. The highest BCUT2D eigenvalue weighted by Crippen LogP contribution is 2.78. The third-order valence-electron chi connectivity index (χ3n) is 5.69. The van der Waals surface area contributed by atoms with Crippen LogP contribution >= 0.6 is 0 Å². The molecule has 140 valence electrons. The largest absolute Gasteiger partial charge is 0.375 e. The number of rotatable bonds is 5. The van der Waals surface area contributed by atoms with E-state index in [1.54, 1.807) is 18.2 Å². The molecule has 0 amide bonds. The van der Waals surface area contributed by atoms with Gasteiger partial charge in [-0.3, -0.25) is 0 Å². The van der Waals surface area contributed by atoms with E-state index < -0.39 is 11.8 Å². The normalized spacial score (nSPS) is 28.6. The van der Waals surface area contributed by atoms with Crippen molar-refractivity contribution in [3.05, 3.63) is 54.4 Å². The lowest BCUT2D eigenvalue weighted by atomic mass is 10.2. The zero-order valence-electron chi connectivity index (χ0n) is 14.4. The molecule has 2 unspecified atom stereocenters. The SMILES string of the molecule is Fc1ccc(Nc2nc(NC34C5OC[C@@H]3[C@H]54)nc(-c3ccccc3F)n2)cn1. The zero-order chi connectivity index (χ0) is 18.9. The predicted octanol–water partition coefficient (Wildman–Crippen LogP) is 2.76. The van der Waals surface area contributed by atoms with Gasteiger partial charge in [-0.05, 0) is 24.3 Å². The maximum absolute atomic E-state index is 14.3. The van der Waals surface area contributed by atoms with Gasteiger partial charge in [0.1, 0.15) is 5.82 Å². The van der Waals surface area contributed by atoms with Crippen LogP contribution < -0.4 is 10.6 Å². The van der Waals surface area contributed by atoms with Crippen molar-refractivity contribution >= 4 is 17.6 Å². The van der Waals surface area contributed by atoms with Crippen molar-refractivity contribution in [2.45, 2.75) is 11.6 Å². The predicted molar refractivity (Wildman–Crippen MR) is 95.8 cm³/mol. The molecule has 4 atom stereocenters. The van der Waals surface area contributed by atoms with Gasteiger partial charge < -0.3 is 15.4 Å². The third kappa shape index (κ3) is 2.22. The average molecular weight is 380 g/mol. The second-order valence-electron chi connectivity index (χ2n) is 7.22. The molecular formula is C19H14F2N6O. The second kappa shape index (κ2) is 5.41. The Labute approximate surface area is 158 Å². The summed E-state index contributed by atoms with van der Waals surface area (Å²) in [5, 5.41) is 6.34. The number of hydrogen-bond donors (Lipinski definition) is 2. The molecule has 7 nitrogen and oxygen atoms in total. The summed E-state index contributed by atoms with van der Waals surface area (Å²) in [5.74, 6) is 0.765. The van der Waals surface area contributed by atoms with Gasteiger partial charge in [0.25, 0.3) is 0 Å². The van der Waals surface area contributed by atoms with Gasteiger partial charge in [0.15, 0.2) is 5.82 Å². The van der Waals surface area contributed by atoms with E-state index >= 15 is 0 Å². The number of pyridine rings is 1. The minimum atomic E-state index is -0.585. The first-order valence-electron chi connectivity index (χ1n) is 8.94. The fourth-order valence-electron chi connectivity index (χ4n) is 4.18. The summed E-state index contributed by atoms with van der Waals surface area (Å²) >= 11 is 0. The Bertz CT molecular complexity index is 1070. The molecule has 9 heteroatoms. The van der Waals surface area contributed by atoms with Gasteiger partial charge in [-0.15, -0.1) is 0 Å². The minimum Gasteiger partial charge on any atom is -0.375 e. The van der Waals surface area contributed by atoms with Crippen molar-refractivity contribution in [1.82, 2.24) is 19.9 Å². The van der Waals surface area contributed by atoms with E-state index in [1.165, 1.54) is 24.4 Å². The lowest BCUT2D eigenvalue weighted by Gasteiger charge is -2.13. The molecule has 2 aromatic heterocycles. The molecule has 7 rings (SSSR count). The van der Waals surface area contributed by atoms with E-state index in [9.17, 15) is 8.78 Å². The van der Waals surface area contributed by atoms with Crippen molar-refractivity contribution in [3.8, 4) is 11.4 Å². The zero-order valence-corrected chi connectivity index (χ0v) is 14.4. The lowest BCUT2D eigenvalue weighted by Crippen LogP contribution is -2.23. The van der Waals surface area contributed by atoms with Crippen molar-refractivity contribution < 1.29 is 13.5 Å². The highest BCUT2D eigenvalue weighted by atomic mass is 19.1. The van der Waals surface area contributed by atoms with Gasteiger partial charge in [0.2, 0.25) is 17.8 Å². The monoisotopic (exact) mass is 380 g/mol. The van der Waals surface area contributed by atoms with Crippen LogP contribution in [-0.4, -0.2) is 38.2 Å². The van der Waals surface area contributed by atoms with Crippen molar-refractivity contribution in [3.63, 3.8) is 0 Å². The highest BCUT2D eigenvalue weighted by molar-refractivity contribution is 5.63. The number of hydrogen-bond acceptors (Lipinski definition) is 7. The standard InChI is InChI=1S/C19H14F2N6O/c20-12-4-2-1-3-10(12)16-24-17(23-9-5-6-13(21)22-7-9)26-18(25-16)27-19-11-8-28-15(19)14(11)19/h1-7,11,14-15H,8H2,(H2,23,24,25,26,27)/t11-,14-,15?,19?/m1/s1. The summed E-state index contributed by atoms with van der Waals surface area (Å²) in [7, 11) is 0. The van der Waals surface area contributed by atoms with Crippen molar-refractivity contribution in [2.75, 3.05) is 17.2 Å². The van der Waals surface area contributed by atoms with Gasteiger partial charge in [0.05, 0.1) is 35.7 Å². The Morgan fingerprint density at radius 2 is 1.89 bits per heavy atom. The number of nitrogens with zero attached hydrogens (tertiary/aromatic N) is 4. The van der Waals surface area contributed by atoms with Crippen LogP contribution in [0.25, 0.3) is 11.4 Å². The summed E-state index contributed by atoms with van der Waals surface area (Å²) < 4.78 is 33.0. The Morgan fingerprint density at radius 3 is 2.61 bits per heavy atom. The van der Waals surface area contributed by atoms with Crippen LogP contribution in [0, 0.1) is 23.6 Å². The van der Waals surface area contributed by atoms with E-state index in [1.807, 2.05) is 0 Å². The minimum absolute atomic E-state index is 0.0808. The summed E-state index contributed by atoms with van der Waals surface area (Å²) in [6.07, 6.45) is 1.54. The molecule has 4 heterocycles. The molecule has 28 heavy (non-hydrogen) atoms. The van der Waals surface area contributed by atoms with Gasteiger partial charge in [-0.2, -0.15) is 19.3 Å². The quantitative estimate of drug-likeness (QED) is 0.659. The van der Waals surface area contributed by atoms with Gasteiger partial charge >= 0.3 is 0 Å². The van der Waals surface area contributed by atoms with E-state index in [-0.39, 0.29) is 29.0 Å². The average Bonchev–Trinajstić information content (AvgIpc) is 3.32. The van der Waals surface area contributed by atoms with Crippen LogP contribution in [0.1, 0.15) is 0 Å². The topological polar surface area (TPSA) is 84.9 Å². The highest BCUT2D eigenvalue weighted by Gasteiger charge is 2.92. The molecule has 2 aliphatic heterocycles. The number of aromatic nitrogens is 4. The summed E-state index contributed by atoms with van der Waals surface area (Å²) in [5.41, 5.74) is 0.700. The smallest absolute Gasteiger partial charge is 0.232 e. The molecule has 2 saturated carbocycles. The van der Waals surface area contributed by atoms with Crippen LogP contribution in [0.3, 0.4) is 0 Å². The number of fused-ring (bicyclic) bond motifs is 1. The summed E-state index contributed by atoms with van der Waals surface area (Å²) in [4.78, 5) is 16.8. The molecule has 1 aromatic carbocycles. The van der Waals surface area contributed by atoms with Crippen LogP contribution in [0.2, 0.25) is 0 Å². The molecular weight excluding hydrogens is 366 g/mol. The number of ether oxygens (including phenoxy) is 1. The summed E-state index contributed by atoms with van der Waals surface area (Å²) in [6, 6.07) is 9.04. The molecule has 3 aromatic rings. The Morgan fingerprint density at radius 1 is 1.04 bits per heavy atom. The third-order valence-corrected chi connectivity index (χ3v) is 5.69. The van der Waals surface area contributed by atoms with E-state index in [4.69, 9.17) is 4.74 Å². The molecule has 0 spiro atoms. The molecule has 0 radical (unpaired) electrons. The van der Waals surface area contributed by atoms with Gasteiger partial charge in [0, 0.05) is 11.8 Å². The Balaban J connectivity index is 1.37. The van der Waals surface area contributed by atoms with Crippen molar-refractivity contribution in [1.29, 1.82) is 0 Å². The molecule has 2 aliphatic carbocycles. The van der Waals surface area contributed by atoms with Gasteiger partial charge in [-0.25, -0.2) is 9.37 Å². The molecule has 4 aliphatic rings. The first-order chi connectivity index (χ1) is 13.6. The van der Waals surface area contributed by atoms with Crippen molar-refractivity contribution in [2.24, 2.45) is 11.8 Å². The summed E-state index contributed by atoms with van der Waals surface area (Å²) in [6.45, 7) is 0.750. The van der Waals surface area contributed by atoms with Crippen LogP contribution in [-0.2, 0) is 4.74 Å². The maximum Gasteiger partial charge on any atom is 0.232 e. The van der Waals surface area contributed by atoms with E-state index in [0.717, 1.165) is 6.61 Å². The number of nitrogens with one attached hydrogen (secondary N) is 2. The fraction of sp³-hybridized carbons (Fsp3) is 0.263. The number of halogens is 2. The van der Waals surface area contributed by atoms with Crippen LogP contribution in [0.4, 0.5) is 26.4 Å². The Kier molecular flexibility index (Phi) is 3.06. The van der Waals surface area contributed by atoms with Crippen LogP contribution in [0.15, 0.2) is 42.6 Å². The molecule has 2 saturated heterocycles. The van der Waals surface area contributed by atoms with E-state index in [0.29, 0.717) is 23.5 Å². The second-order valence-corrected chi connectivity index (χ2v) is 7.22. The van der Waals surface area contributed by atoms with Crippen LogP contribution in [0.5, 0.6) is 0 Å². The first kappa shape index (κ1) is 15.8. The molecule has 2 N–H and O–H groups in total. The Hall–Kier alpha value is -3.20. The lowest BCUT2D eigenvalue weighted by molar-refractivity contribution is 0.176. The van der Waals surface area contributed by atoms with Gasteiger partial charge in [-0.1, -0.05) is 12.1 Å². The molecule has 4 fully saturated rings. The number of anilines is 3. The van der Waals surface area contributed by atoms with E-state index in [2.05, 4.69) is 30.6 Å². The first-order valence-corrected chi connectivity index (χ1v) is 8.94.